The molecule has 2 rings (SSSR count). The van der Waals surface area contributed by atoms with Gasteiger partial charge in [0.15, 0.2) is 0 Å². The van der Waals surface area contributed by atoms with Gasteiger partial charge in [-0.3, -0.25) is 9.59 Å². The second-order valence-electron chi connectivity index (χ2n) is 5.87. The molecule has 26 heavy (non-hydrogen) atoms. The van der Waals surface area contributed by atoms with E-state index in [0.29, 0.717) is 10.0 Å². The number of halogens is 2. The summed E-state index contributed by atoms with van der Waals surface area (Å²) in [5.41, 5.74) is 2.73. The lowest BCUT2D eigenvalue weighted by molar-refractivity contribution is -0.123. The molecule has 138 valence electrons. The summed E-state index contributed by atoms with van der Waals surface area (Å²) >= 11 is 13.4. The molecule has 0 aliphatic carbocycles. The fourth-order valence-electron chi connectivity index (χ4n) is 2.32. The first-order valence-corrected chi connectivity index (χ1v) is 9.67. The fraction of sp³-hybridized carbons (Fsp3) is 0.263. The third-order valence-electron chi connectivity index (χ3n) is 3.73. The van der Waals surface area contributed by atoms with Crippen LogP contribution in [0.25, 0.3) is 0 Å². The van der Waals surface area contributed by atoms with Gasteiger partial charge >= 0.3 is 0 Å². The smallest absolute Gasteiger partial charge is 0.243 e. The number of rotatable bonds is 6. The lowest BCUT2D eigenvalue weighted by Gasteiger charge is -2.14. The second kappa shape index (κ2) is 9.31. The Hall–Kier alpha value is -1.69. The number of hydrogen-bond acceptors (Lipinski definition) is 3. The highest BCUT2D eigenvalue weighted by atomic mass is 35.5. The van der Waals surface area contributed by atoms with E-state index < -0.39 is 5.25 Å². The van der Waals surface area contributed by atoms with Gasteiger partial charge in [0.1, 0.15) is 0 Å². The van der Waals surface area contributed by atoms with E-state index in [-0.39, 0.29) is 18.4 Å². The Balaban J connectivity index is 1.89. The Morgan fingerprint density at radius 1 is 1.12 bits per heavy atom. The van der Waals surface area contributed by atoms with Gasteiger partial charge in [0.05, 0.1) is 16.8 Å². The second-order valence-corrected chi connectivity index (χ2v) is 8.09. The molecule has 2 aromatic carbocycles. The first-order chi connectivity index (χ1) is 12.3. The Labute approximate surface area is 167 Å². The Kier molecular flexibility index (Phi) is 7.38. The zero-order valence-corrected chi connectivity index (χ0v) is 17.1. The van der Waals surface area contributed by atoms with Gasteiger partial charge in [-0.25, -0.2) is 0 Å². The molecule has 0 saturated heterocycles. The standard InChI is InChI=1S/C19H20Cl2N2O2S/c1-11-5-4-6-12(2)18(11)23-17(24)10-22-19(25)13(3)26-16-9-14(20)7-8-15(16)21/h4-9,13H,10H2,1-3H3,(H,22,25)(H,23,24)/t13-/m1/s1. The first-order valence-electron chi connectivity index (χ1n) is 8.03. The van der Waals surface area contributed by atoms with E-state index >= 15 is 0 Å². The Bertz CT molecular complexity index is 807. The minimum atomic E-state index is -0.418. The first kappa shape index (κ1) is 20.6. The van der Waals surface area contributed by atoms with Crippen LogP contribution in [0.15, 0.2) is 41.3 Å². The van der Waals surface area contributed by atoms with Crippen LogP contribution in [0.2, 0.25) is 10.0 Å². The third-order valence-corrected chi connectivity index (χ3v) is 5.57. The summed E-state index contributed by atoms with van der Waals surface area (Å²) in [6.07, 6.45) is 0. The van der Waals surface area contributed by atoms with Crippen molar-refractivity contribution in [2.45, 2.75) is 30.9 Å². The maximum Gasteiger partial charge on any atom is 0.243 e. The highest BCUT2D eigenvalue weighted by molar-refractivity contribution is 8.00. The van der Waals surface area contributed by atoms with E-state index in [1.807, 2.05) is 32.0 Å². The van der Waals surface area contributed by atoms with Gasteiger partial charge in [-0.2, -0.15) is 0 Å². The van der Waals surface area contributed by atoms with Crippen LogP contribution in [0.3, 0.4) is 0 Å². The minimum absolute atomic E-state index is 0.0964. The summed E-state index contributed by atoms with van der Waals surface area (Å²) < 4.78 is 0. The highest BCUT2D eigenvalue weighted by Gasteiger charge is 2.17. The van der Waals surface area contributed by atoms with Crippen molar-refractivity contribution in [3.63, 3.8) is 0 Å². The number of para-hydroxylation sites is 1. The van der Waals surface area contributed by atoms with Crippen molar-refractivity contribution < 1.29 is 9.59 Å². The maximum atomic E-state index is 12.2. The topological polar surface area (TPSA) is 58.2 Å². The van der Waals surface area contributed by atoms with Gasteiger partial charge in [-0.15, -0.1) is 11.8 Å². The molecular formula is C19H20Cl2N2O2S. The van der Waals surface area contributed by atoms with Crippen LogP contribution in [-0.2, 0) is 9.59 Å². The van der Waals surface area contributed by atoms with Crippen LogP contribution < -0.4 is 10.6 Å². The zero-order valence-electron chi connectivity index (χ0n) is 14.7. The van der Waals surface area contributed by atoms with Crippen molar-refractivity contribution in [3.8, 4) is 0 Å². The molecule has 7 heteroatoms. The highest BCUT2D eigenvalue weighted by Crippen LogP contribution is 2.32. The molecule has 1 atom stereocenters. The van der Waals surface area contributed by atoms with Crippen molar-refractivity contribution in [2.75, 3.05) is 11.9 Å². The van der Waals surface area contributed by atoms with Gasteiger partial charge in [0, 0.05) is 15.6 Å². The van der Waals surface area contributed by atoms with E-state index in [4.69, 9.17) is 23.2 Å². The molecule has 2 amide bonds. The number of thioether (sulfide) groups is 1. The van der Waals surface area contributed by atoms with Crippen molar-refractivity contribution in [1.82, 2.24) is 5.32 Å². The number of anilines is 1. The SMILES string of the molecule is Cc1cccc(C)c1NC(=O)CNC(=O)[C@@H](C)Sc1cc(Cl)ccc1Cl. The summed E-state index contributed by atoms with van der Waals surface area (Å²) in [5.74, 6) is -0.517. The van der Waals surface area contributed by atoms with Crippen molar-refractivity contribution in [1.29, 1.82) is 0 Å². The average molecular weight is 411 g/mol. The van der Waals surface area contributed by atoms with Gasteiger partial charge in [0.25, 0.3) is 0 Å². The molecule has 0 saturated carbocycles. The summed E-state index contributed by atoms with van der Waals surface area (Å²) in [6.45, 7) is 5.50. The van der Waals surface area contributed by atoms with E-state index in [2.05, 4.69) is 10.6 Å². The van der Waals surface area contributed by atoms with Crippen LogP contribution >= 0.6 is 35.0 Å². The number of carbonyl (C=O) groups is 2. The summed E-state index contributed by atoms with van der Waals surface area (Å²) in [7, 11) is 0. The van der Waals surface area contributed by atoms with E-state index in [1.165, 1.54) is 11.8 Å². The number of nitrogens with one attached hydrogen (secondary N) is 2. The molecule has 0 aliphatic heterocycles. The number of hydrogen-bond donors (Lipinski definition) is 2. The van der Waals surface area contributed by atoms with Crippen LogP contribution in [0.1, 0.15) is 18.1 Å². The predicted octanol–water partition coefficient (Wildman–Crippen LogP) is 4.85. The molecule has 0 heterocycles. The van der Waals surface area contributed by atoms with Crippen LogP contribution in [0.4, 0.5) is 5.69 Å². The van der Waals surface area contributed by atoms with Crippen LogP contribution in [0.5, 0.6) is 0 Å². The van der Waals surface area contributed by atoms with Gasteiger partial charge in [0.2, 0.25) is 11.8 Å². The third kappa shape index (κ3) is 5.66. The summed E-state index contributed by atoms with van der Waals surface area (Å²) in [5, 5.41) is 6.16. The summed E-state index contributed by atoms with van der Waals surface area (Å²) in [6, 6.07) is 10.9. The summed E-state index contributed by atoms with van der Waals surface area (Å²) in [4.78, 5) is 25.1. The monoisotopic (exact) mass is 410 g/mol. The van der Waals surface area contributed by atoms with E-state index in [1.54, 1.807) is 25.1 Å². The Morgan fingerprint density at radius 3 is 2.42 bits per heavy atom. The number of aryl methyl sites for hydroxylation is 2. The van der Waals surface area contributed by atoms with Crippen LogP contribution in [-0.4, -0.2) is 23.6 Å². The molecule has 0 unspecified atom stereocenters. The normalized spacial score (nSPS) is 11.7. The molecule has 0 aliphatic rings. The average Bonchev–Trinajstić information content (AvgIpc) is 2.59. The molecular weight excluding hydrogens is 391 g/mol. The maximum absolute atomic E-state index is 12.2. The molecule has 0 bridgehead atoms. The van der Waals surface area contributed by atoms with Gasteiger partial charge < -0.3 is 10.6 Å². The molecule has 0 aromatic heterocycles. The lowest BCUT2D eigenvalue weighted by atomic mass is 10.1. The molecule has 4 nitrogen and oxygen atoms in total. The van der Waals surface area contributed by atoms with Crippen molar-refractivity contribution in [2.24, 2.45) is 0 Å². The van der Waals surface area contributed by atoms with Gasteiger partial charge in [-0.05, 0) is 50.1 Å². The van der Waals surface area contributed by atoms with E-state index in [0.717, 1.165) is 21.7 Å². The molecule has 2 N–H and O–H groups in total. The molecule has 0 spiro atoms. The van der Waals surface area contributed by atoms with Crippen LogP contribution in [0, 0.1) is 13.8 Å². The minimum Gasteiger partial charge on any atom is -0.346 e. The zero-order chi connectivity index (χ0) is 19.3. The van der Waals surface area contributed by atoms with Gasteiger partial charge in [-0.1, -0.05) is 41.4 Å². The quantitative estimate of drug-likeness (QED) is 0.669. The van der Waals surface area contributed by atoms with Crippen molar-refractivity contribution >= 4 is 52.5 Å². The number of carbonyl (C=O) groups excluding carboxylic acids is 2. The van der Waals surface area contributed by atoms with E-state index in [9.17, 15) is 9.59 Å². The largest absolute Gasteiger partial charge is 0.346 e. The van der Waals surface area contributed by atoms with Crippen molar-refractivity contribution in [3.05, 3.63) is 57.6 Å². The molecule has 0 radical (unpaired) electrons. The molecule has 0 fully saturated rings. The predicted molar refractivity (Wildman–Crippen MR) is 109 cm³/mol. The fourth-order valence-corrected chi connectivity index (χ4v) is 3.75. The molecule has 2 aromatic rings. The Morgan fingerprint density at radius 2 is 1.77 bits per heavy atom. The number of amides is 2. The lowest BCUT2D eigenvalue weighted by Crippen LogP contribution is -2.37. The number of benzene rings is 2.